The minimum atomic E-state index is 0.406. The molecule has 1 atom stereocenters. The van der Waals surface area contributed by atoms with Gasteiger partial charge >= 0.3 is 0 Å². The van der Waals surface area contributed by atoms with Crippen molar-refractivity contribution >= 4 is 21.6 Å². The first-order valence-electron chi connectivity index (χ1n) is 6.13. The third kappa shape index (κ3) is 4.79. The Morgan fingerprint density at radius 2 is 2.18 bits per heavy atom. The maximum atomic E-state index is 9.03. The van der Waals surface area contributed by atoms with E-state index in [1.54, 1.807) is 0 Å². The first-order valence-corrected chi connectivity index (χ1v) is 6.93. The van der Waals surface area contributed by atoms with Gasteiger partial charge in [0.25, 0.3) is 0 Å². The highest BCUT2D eigenvalue weighted by Gasteiger charge is 2.06. The Morgan fingerprint density at radius 3 is 2.82 bits per heavy atom. The summed E-state index contributed by atoms with van der Waals surface area (Å²) in [6, 6.07) is 8.32. The molecule has 1 N–H and O–H groups in total. The van der Waals surface area contributed by atoms with Crippen molar-refractivity contribution < 1.29 is 0 Å². The summed E-state index contributed by atoms with van der Waals surface area (Å²) < 4.78 is 1.000. The first kappa shape index (κ1) is 14.1. The lowest BCUT2D eigenvalue weighted by Crippen LogP contribution is -2.15. The molecule has 0 aliphatic carbocycles. The highest BCUT2D eigenvalue weighted by atomic mass is 79.9. The number of hydrogen-bond donors (Lipinski definition) is 1. The third-order valence-corrected chi connectivity index (χ3v) is 3.24. The number of anilines is 1. The lowest BCUT2D eigenvalue weighted by atomic mass is 10.1. The Kier molecular flexibility index (Phi) is 6.07. The lowest BCUT2D eigenvalue weighted by Gasteiger charge is -2.16. The van der Waals surface area contributed by atoms with E-state index in [1.165, 1.54) is 19.3 Å². The van der Waals surface area contributed by atoms with Crippen molar-refractivity contribution in [3.63, 3.8) is 0 Å². The fourth-order valence-electron chi connectivity index (χ4n) is 1.77. The van der Waals surface area contributed by atoms with Gasteiger partial charge in [0.2, 0.25) is 0 Å². The highest BCUT2D eigenvalue weighted by Crippen LogP contribution is 2.22. The summed E-state index contributed by atoms with van der Waals surface area (Å²) >= 11 is 3.43. The van der Waals surface area contributed by atoms with E-state index in [9.17, 15) is 0 Å². The third-order valence-electron chi connectivity index (χ3n) is 2.74. The summed E-state index contributed by atoms with van der Waals surface area (Å²) in [4.78, 5) is 0. The van der Waals surface area contributed by atoms with Gasteiger partial charge in [-0.2, -0.15) is 5.26 Å². The number of nitrogens with one attached hydrogen (secondary N) is 1. The predicted octanol–water partition coefficient (Wildman–Crippen LogP) is 4.70. The number of halogens is 1. The number of rotatable bonds is 6. The maximum Gasteiger partial charge on any atom is 0.101 e. The molecule has 0 saturated carbocycles. The number of unbranched alkanes of at least 4 members (excludes halogenated alkanes) is 2. The molecule has 1 rings (SSSR count). The number of hydrogen-bond acceptors (Lipinski definition) is 2. The molecule has 0 amide bonds. The number of nitriles is 1. The van der Waals surface area contributed by atoms with Crippen molar-refractivity contribution in [2.75, 3.05) is 5.32 Å². The second-order valence-corrected chi connectivity index (χ2v) is 5.26. The second kappa shape index (κ2) is 7.34. The van der Waals surface area contributed by atoms with E-state index in [2.05, 4.69) is 41.2 Å². The fraction of sp³-hybridized carbons (Fsp3) is 0.500. The molecule has 0 spiro atoms. The van der Waals surface area contributed by atoms with Crippen LogP contribution in [0.15, 0.2) is 22.7 Å². The van der Waals surface area contributed by atoms with Crippen LogP contribution in [-0.4, -0.2) is 6.04 Å². The molecule has 1 aromatic rings. The van der Waals surface area contributed by atoms with Gasteiger partial charge in [-0.05, 0) is 31.5 Å². The van der Waals surface area contributed by atoms with E-state index in [0.29, 0.717) is 11.6 Å². The normalized spacial score (nSPS) is 11.9. The van der Waals surface area contributed by atoms with E-state index in [4.69, 9.17) is 5.26 Å². The van der Waals surface area contributed by atoms with E-state index in [-0.39, 0.29) is 0 Å². The zero-order chi connectivity index (χ0) is 12.7. The van der Waals surface area contributed by atoms with Gasteiger partial charge in [-0.15, -0.1) is 0 Å². The Morgan fingerprint density at radius 1 is 1.41 bits per heavy atom. The second-order valence-electron chi connectivity index (χ2n) is 4.34. The summed E-state index contributed by atoms with van der Waals surface area (Å²) in [6.07, 6.45) is 4.90. The van der Waals surface area contributed by atoms with Gasteiger partial charge in [0.05, 0.1) is 11.3 Å². The van der Waals surface area contributed by atoms with Crippen molar-refractivity contribution in [2.45, 2.75) is 45.6 Å². The minimum absolute atomic E-state index is 0.406. The Labute approximate surface area is 112 Å². The summed E-state index contributed by atoms with van der Waals surface area (Å²) in [7, 11) is 0. The largest absolute Gasteiger partial charge is 0.381 e. The van der Waals surface area contributed by atoms with Crippen LogP contribution in [0.25, 0.3) is 0 Å². The predicted molar refractivity (Wildman–Crippen MR) is 76.1 cm³/mol. The summed E-state index contributed by atoms with van der Waals surface area (Å²) in [5.74, 6) is 0. The Hall–Kier alpha value is -1.01. The first-order chi connectivity index (χ1) is 8.17. The van der Waals surface area contributed by atoms with Crippen molar-refractivity contribution in [1.29, 1.82) is 5.26 Å². The zero-order valence-electron chi connectivity index (χ0n) is 10.5. The van der Waals surface area contributed by atoms with Crippen LogP contribution in [0.3, 0.4) is 0 Å². The van der Waals surface area contributed by atoms with Crippen LogP contribution in [0.4, 0.5) is 5.69 Å². The molecule has 0 radical (unpaired) electrons. The molecule has 0 saturated heterocycles. The van der Waals surface area contributed by atoms with Crippen LogP contribution < -0.4 is 5.32 Å². The summed E-state index contributed by atoms with van der Waals surface area (Å²) in [5.41, 5.74) is 1.63. The van der Waals surface area contributed by atoms with Crippen LogP contribution in [0.2, 0.25) is 0 Å². The summed E-state index contributed by atoms with van der Waals surface area (Å²) in [6.45, 7) is 4.37. The van der Waals surface area contributed by atoms with Crippen molar-refractivity contribution in [3.8, 4) is 6.07 Å². The minimum Gasteiger partial charge on any atom is -0.381 e. The standard InChI is InChI=1S/C14H19BrN2/c1-3-4-5-6-11(2)17-14-9-13(15)8-7-12(14)10-16/h7-9,11,17H,3-6H2,1-2H3. The molecular formula is C14H19BrN2. The van der Waals surface area contributed by atoms with E-state index in [1.807, 2.05) is 18.2 Å². The van der Waals surface area contributed by atoms with Crippen LogP contribution >= 0.6 is 15.9 Å². The fourth-order valence-corrected chi connectivity index (χ4v) is 2.13. The van der Waals surface area contributed by atoms with Crippen molar-refractivity contribution in [2.24, 2.45) is 0 Å². The van der Waals surface area contributed by atoms with Gasteiger partial charge in [0.1, 0.15) is 6.07 Å². The molecule has 2 nitrogen and oxygen atoms in total. The Bertz CT molecular complexity index is 396. The molecule has 0 heterocycles. The van der Waals surface area contributed by atoms with Gasteiger partial charge < -0.3 is 5.32 Å². The molecule has 17 heavy (non-hydrogen) atoms. The van der Waals surface area contributed by atoms with Gasteiger partial charge in [0, 0.05) is 10.5 Å². The van der Waals surface area contributed by atoms with Gasteiger partial charge in [-0.25, -0.2) is 0 Å². The molecule has 92 valence electrons. The van der Waals surface area contributed by atoms with Crippen molar-refractivity contribution in [3.05, 3.63) is 28.2 Å². The summed E-state index contributed by atoms with van der Waals surface area (Å²) in [5, 5.41) is 12.4. The van der Waals surface area contributed by atoms with Gasteiger partial charge in [-0.3, -0.25) is 0 Å². The maximum absolute atomic E-state index is 9.03. The zero-order valence-corrected chi connectivity index (χ0v) is 12.0. The topological polar surface area (TPSA) is 35.8 Å². The van der Waals surface area contributed by atoms with Crippen LogP contribution in [0, 0.1) is 11.3 Å². The van der Waals surface area contributed by atoms with E-state index >= 15 is 0 Å². The van der Waals surface area contributed by atoms with Gasteiger partial charge in [0.15, 0.2) is 0 Å². The average Bonchev–Trinajstić information content (AvgIpc) is 2.29. The van der Waals surface area contributed by atoms with Crippen LogP contribution in [0.5, 0.6) is 0 Å². The molecule has 0 aliphatic rings. The Balaban J connectivity index is 2.61. The lowest BCUT2D eigenvalue weighted by molar-refractivity contribution is 0.615. The molecule has 1 unspecified atom stereocenters. The molecule has 0 fully saturated rings. The molecular weight excluding hydrogens is 276 g/mol. The number of benzene rings is 1. The highest BCUT2D eigenvalue weighted by molar-refractivity contribution is 9.10. The van der Waals surface area contributed by atoms with Gasteiger partial charge in [-0.1, -0.05) is 42.1 Å². The molecule has 0 aromatic heterocycles. The number of nitrogens with zero attached hydrogens (tertiary/aromatic N) is 1. The van der Waals surface area contributed by atoms with Crippen LogP contribution in [-0.2, 0) is 0 Å². The van der Waals surface area contributed by atoms with Crippen LogP contribution in [0.1, 0.15) is 45.1 Å². The average molecular weight is 295 g/mol. The van der Waals surface area contributed by atoms with Crippen molar-refractivity contribution in [1.82, 2.24) is 0 Å². The molecule has 0 aliphatic heterocycles. The molecule has 0 bridgehead atoms. The van der Waals surface area contributed by atoms with E-state index < -0.39 is 0 Å². The monoisotopic (exact) mass is 294 g/mol. The quantitative estimate of drug-likeness (QED) is 0.772. The SMILES string of the molecule is CCCCCC(C)Nc1cc(Br)ccc1C#N. The smallest absolute Gasteiger partial charge is 0.101 e. The molecule has 1 aromatic carbocycles. The van der Waals surface area contributed by atoms with E-state index in [0.717, 1.165) is 16.6 Å². The molecule has 3 heteroatoms.